The second kappa shape index (κ2) is 9.81. The maximum Gasteiger partial charge on any atom is 0.270 e. The van der Waals surface area contributed by atoms with Crippen molar-refractivity contribution in [2.24, 2.45) is 5.92 Å². The van der Waals surface area contributed by atoms with Crippen LogP contribution < -0.4 is 10.1 Å². The van der Waals surface area contributed by atoms with Gasteiger partial charge < -0.3 is 10.1 Å². The zero-order valence-electron chi connectivity index (χ0n) is 17.7. The molecule has 168 valence electrons. The lowest BCUT2D eigenvalue weighted by Gasteiger charge is -2.31. The predicted molar refractivity (Wildman–Crippen MR) is 124 cm³/mol. The first-order chi connectivity index (χ1) is 15.5. The van der Waals surface area contributed by atoms with E-state index in [0.29, 0.717) is 48.8 Å². The molecule has 1 aliphatic heterocycles. The Morgan fingerprint density at radius 3 is 2.53 bits per heavy atom. The Labute approximate surface area is 192 Å². The van der Waals surface area contributed by atoms with Crippen LogP contribution in [0.1, 0.15) is 23.3 Å². The zero-order valence-corrected chi connectivity index (χ0v) is 19.4. The number of amides is 1. The quantitative estimate of drug-likeness (QED) is 0.568. The van der Waals surface area contributed by atoms with Gasteiger partial charge in [-0.3, -0.25) is 4.79 Å². The van der Waals surface area contributed by atoms with Crippen molar-refractivity contribution in [3.05, 3.63) is 65.7 Å². The van der Waals surface area contributed by atoms with Crippen molar-refractivity contribution in [1.82, 2.24) is 14.6 Å². The van der Waals surface area contributed by atoms with Crippen molar-refractivity contribution in [2.75, 3.05) is 26.7 Å². The topological polar surface area (TPSA) is 88.6 Å². The number of para-hydroxylation sites is 1. The number of rotatable bonds is 7. The van der Waals surface area contributed by atoms with Gasteiger partial charge in [-0.15, -0.1) is 11.3 Å². The van der Waals surface area contributed by atoms with Crippen LogP contribution in [0.15, 0.2) is 64.9 Å². The Kier molecular flexibility index (Phi) is 6.88. The lowest BCUT2D eigenvalue weighted by molar-refractivity contribution is 0.0937. The fourth-order valence-corrected chi connectivity index (χ4v) is 6.07. The summed E-state index contributed by atoms with van der Waals surface area (Å²) >= 11 is 1.40. The highest BCUT2D eigenvalue weighted by Crippen LogP contribution is 2.32. The molecule has 0 atom stereocenters. The van der Waals surface area contributed by atoms with E-state index in [1.807, 2.05) is 24.3 Å². The number of aromatic nitrogens is 1. The number of nitrogens with zero attached hydrogens (tertiary/aromatic N) is 2. The van der Waals surface area contributed by atoms with Gasteiger partial charge in [0.25, 0.3) is 5.91 Å². The molecule has 1 saturated heterocycles. The Morgan fingerprint density at radius 1 is 1.12 bits per heavy atom. The van der Waals surface area contributed by atoms with Crippen molar-refractivity contribution in [1.29, 1.82) is 0 Å². The molecule has 9 heteroatoms. The number of benzene rings is 2. The van der Waals surface area contributed by atoms with Gasteiger partial charge in [0.05, 0.1) is 17.6 Å². The van der Waals surface area contributed by atoms with Gasteiger partial charge in [0.15, 0.2) is 0 Å². The highest BCUT2D eigenvalue weighted by molar-refractivity contribution is 7.89. The molecule has 32 heavy (non-hydrogen) atoms. The van der Waals surface area contributed by atoms with Crippen molar-refractivity contribution in [2.45, 2.75) is 17.7 Å². The van der Waals surface area contributed by atoms with Gasteiger partial charge in [0, 0.05) is 25.0 Å². The minimum atomic E-state index is -3.46. The van der Waals surface area contributed by atoms with E-state index in [1.165, 1.54) is 15.6 Å². The molecule has 0 saturated carbocycles. The number of nitrogens with one attached hydrogen (secondary N) is 1. The SMILES string of the molecule is COc1ccccc1-c1nc(C(=O)NCC2CCN(S(=O)(=O)c3ccccc3)CC2)cs1. The number of methoxy groups -OCH3 is 1. The van der Waals surface area contributed by atoms with Crippen molar-refractivity contribution in [3.63, 3.8) is 0 Å². The largest absolute Gasteiger partial charge is 0.496 e. The van der Waals surface area contributed by atoms with Crippen LogP contribution in [0.5, 0.6) is 5.75 Å². The normalized spacial score (nSPS) is 15.4. The number of piperidine rings is 1. The number of hydrogen-bond donors (Lipinski definition) is 1. The Balaban J connectivity index is 1.31. The third kappa shape index (κ3) is 4.85. The van der Waals surface area contributed by atoms with Crippen LogP contribution in [0.2, 0.25) is 0 Å². The van der Waals surface area contributed by atoms with E-state index in [2.05, 4.69) is 10.3 Å². The fourth-order valence-electron chi connectivity index (χ4n) is 3.75. The molecule has 0 aliphatic carbocycles. The highest BCUT2D eigenvalue weighted by atomic mass is 32.2. The van der Waals surface area contributed by atoms with E-state index in [0.717, 1.165) is 10.6 Å². The van der Waals surface area contributed by atoms with Gasteiger partial charge in [-0.05, 0) is 43.0 Å². The summed E-state index contributed by atoms with van der Waals surface area (Å²) in [6, 6.07) is 16.1. The van der Waals surface area contributed by atoms with Gasteiger partial charge in [-0.25, -0.2) is 13.4 Å². The van der Waals surface area contributed by atoms with E-state index >= 15 is 0 Å². The zero-order chi connectivity index (χ0) is 22.6. The monoisotopic (exact) mass is 471 g/mol. The second-order valence-electron chi connectivity index (χ2n) is 7.61. The first kappa shape index (κ1) is 22.4. The van der Waals surface area contributed by atoms with E-state index in [-0.39, 0.29) is 11.8 Å². The smallest absolute Gasteiger partial charge is 0.270 e. The minimum Gasteiger partial charge on any atom is -0.496 e. The van der Waals surface area contributed by atoms with Crippen LogP contribution >= 0.6 is 11.3 Å². The molecule has 3 aromatic rings. The predicted octanol–water partition coefficient (Wildman–Crippen LogP) is 3.65. The second-order valence-corrected chi connectivity index (χ2v) is 10.4. The van der Waals surface area contributed by atoms with Crippen molar-refractivity contribution < 1.29 is 17.9 Å². The number of sulfonamides is 1. The molecule has 0 spiro atoms. The molecule has 1 amide bonds. The van der Waals surface area contributed by atoms with Crippen molar-refractivity contribution >= 4 is 27.3 Å². The standard InChI is InChI=1S/C23H25N3O4S2/c1-30-21-10-6-5-9-19(21)23-25-20(16-31-23)22(27)24-15-17-11-13-26(14-12-17)32(28,29)18-7-3-2-4-8-18/h2-10,16-17H,11-15H2,1H3,(H,24,27). The molecule has 1 fully saturated rings. The Bertz CT molecular complexity index is 1170. The van der Waals surface area contributed by atoms with Crippen LogP contribution in [-0.4, -0.2) is 50.4 Å². The molecule has 1 aliphatic rings. The van der Waals surface area contributed by atoms with Gasteiger partial charge in [-0.1, -0.05) is 30.3 Å². The third-order valence-corrected chi connectivity index (χ3v) is 8.37. The van der Waals surface area contributed by atoms with Gasteiger partial charge >= 0.3 is 0 Å². The van der Waals surface area contributed by atoms with E-state index in [1.54, 1.807) is 42.8 Å². The molecule has 7 nitrogen and oxygen atoms in total. The number of ether oxygens (including phenoxy) is 1. The summed E-state index contributed by atoms with van der Waals surface area (Å²) in [5.41, 5.74) is 1.23. The molecule has 2 aromatic carbocycles. The summed E-state index contributed by atoms with van der Waals surface area (Å²) < 4.78 is 32.4. The maximum atomic E-state index is 12.8. The molecule has 1 N–H and O–H groups in total. The third-order valence-electron chi connectivity index (χ3n) is 5.58. The van der Waals surface area contributed by atoms with Gasteiger partial charge in [-0.2, -0.15) is 4.31 Å². The summed E-state index contributed by atoms with van der Waals surface area (Å²) in [5.74, 6) is 0.723. The van der Waals surface area contributed by atoms with E-state index < -0.39 is 10.0 Å². The van der Waals surface area contributed by atoms with Crippen LogP contribution in [0, 0.1) is 5.92 Å². The average Bonchev–Trinajstić information content (AvgIpc) is 3.33. The summed E-state index contributed by atoms with van der Waals surface area (Å²) in [6.07, 6.45) is 1.41. The Hall–Kier alpha value is -2.75. The number of carbonyl (C=O) groups is 1. The summed E-state index contributed by atoms with van der Waals surface area (Å²) in [4.78, 5) is 17.4. The molecule has 0 unspecified atom stereocenters. The van der Waals surface area contributed by atoms with Crippen LogP contribution in [0.3, 0.4) is 0 Å². The molecule has 0 radical (unpaired) electrons. The fraction of sp³-hybridized carbons (Fsp3) is 0.304. The Morgan fingerprint density at radius 2 is 1.81 bits per heavy atom. The lowest BCUT2D eigenvalue weighted by atomic mass is 9.98. The van der Waals surface area contributed by atoms with E-state index in [9.17, 15) is 13.2 Å². The molecule has 1 aromatic heterocycles. The highest BCUT2D eigenvalue weighted by Gasteiger charge is 2.29. The van der Waals surface area contributed by atoms with E-state index in [4.69, 9.17) is 4.74 Å². The number of thiazole rings is 1. The first-order valence-electron chi connectivity index (χ1n) is 10.4. The lowest BCUT2D eigenvalue weighted by Crippen LogP contribution is -2.41. The van der Waals surface area contributed by atoms with Crippen LogP contribution in [0.25, 0.3) is 10.6 Å². The minimum absolute atomic E-state index is 0.221. The van der Waals surface area contributed by atoms with Gasteiger partial charge in [0.1, 0.15) is 16.5 Å². The molecular weight excluding hydrogens is 446 g/mol. The molecular formula is C23H25N3O4S2. The number of carbonyl (C=O) groups excluding carboxylic acids is 1. The number of hydrogen-bond acceptors (Lipinski definition) is 6. The summed E-state index contributed by atoms with van der Waals surface area (Å²) in [7, 11) is -1.85. The molecule has 4 rings (SSSR count). The maximum absolute atomic E-state index is 12.8. The van der Waals surface area contributed by atoms with Crippen LogP contribution in [0.4, 0.5) is 0 Å². The average molecular weight is 472 g/mol. The van der Waals surface area contributed by atoms with Crippen LogP contribution in [-0.2, 0) is 10.0 Å². The van der Waals surface area contributed by atoms with Gasteiger partial charge in [0.2, 0.25) is 10.0 Å². The summed E-state index contributed by atoms with van der Waals surface area (Å²) in [5, 5.41) is 5.42. The summed E-state index contributed by atoms with van der Waals surface area (Å²) in [6.45, 7) is 1.40. The first-order valence-corrected chi connectivity index (χ1v) is 12.7. The van der Waals surface area contributed by atoms with Crippen molar-refractivity contribution in [3.8, 4) is 16.3 Å². The molecule has 0 bridgehead atoms. The molecule has 2 heterocycles.